The molecule has 1 aliphatic heterocycles. The van der Waals surface area contributed by atoms with Crippen LogP contribution in [-0.4, -0.2) is 66.2 Å². The second kappa shape index (κ2) is 7.97. The molecule has 0 N–H and O–H groups in total. The van der Waals surface area contributed by atoms with Crippen molar-refractivity contribution >= 4 is 29.3 Å². The van der Waals surface area contributed by atoms with Crippen molar-refractivity contribution in [3.63, 3.8) is 0 Å². The van der Waals surface area contributed by atoms with Gasteiger partial charge < -0.3 is 14.4 Å². The van der Waals surface area contributed by atoms with E-state index in [4.69, 9.17) is 21.7 Å². The Morgan fingerprint density at radius 1 is 1.48 bits per heavy atom. The van der Waals surface area contributed by atoms with Crippen LogP contribution in [-0.2, 0) is 14.3 Å². The first kappa shape index (κ1) is 17.4. The Morgan fingerprint density at radius 3 is 2.67 bits per heavy atom. The molecule has 1 saturated heterocycles. The maximum atomic E-state index is 12.2. The number of likely N-dealkylation sites (tertiary alicyclic amines) is 1. The second-order valence-corrected chi connectivity index (χ2v) is 5.42. The number of nitrogens with zero attached hydrogens (tertiary/aromatic N) is 2. The van der Waals surface area contributed by atoms with Gasteiger partial charge in [-0.3, -0.25) is 9.69 Å². The van der Waals surface area contributed by atoms with Gasteiger partial charge in [-0.15, -0.1) is 0 Å². The third-order valence-corrected chi connectivity index (χ3v) is 3.52. The van der Waals surface area contributed by atoms with Crippen LogP contribution in [0.15, 0.2) is 12.7 Å². The lowest BCUT2D eigenvalue weighted by Crippen LogP contribution is -2.45. The first-order valence-electron chi connectivity index (χ1n) is 6.85. The second-order valence-electron chi connectivity index (χ2n) is 4.97. The third kappa shape index (κ3) is 4.70. The Morgan fingerprint density at radius 2 is 2.14 bits per heavy atom. The average Bonchev–Trinajstić information content (AvgIpc) is 2.87. The van der Waals surface area contributed by atoms with E-state index in [2.05, 4.69) is 6.58 Å². The molecular weight excluding hydrogens is 292 g/mol. The zero-order chi connectivity index (χ0) is 16.0. The Bertz CT molecular complexity index is 425. The van der Waals surface area contributed by atoms with Crippen LogP contribution in [0.3, 0.4) is 0 Å². The lowest BCUT2D eigenvalue weighted by atomic mass is 10.2. The van der Waals surface area contributed by atoms with Crippen molar-refractivity contribution < 1.29 is 19.1 Å². The van der Waals surface area contributed by atoms with Crippen LogP contribution < -0.4 is 0 Å². The summed E-state index contributed by atoms with van der Waals surface area (Å²) in [6.07, 6.45) is 1.71. The van der Waals surface area contributed by atoms with E-state index in [0.29, 0.717) is 24.4 Å². The predicted molar refractivity (Wildman–Crippen MR) is 83.1 cm³/mol. The molecule has 0 spiro atoms. The molecule has 21 heavy (non-hydrogen) atoms. The molecule has 0 unspecified atom stereocenters. The van der Waals surface area contributed by atoms with Crippen LogP contribution in [0.2, 0.25) is 0 Å². The Kier molecular flexibility index (Phi) is 6.61. The topological polar surface area (TPSA) is 59.1 Å². The lowest BCUT2D eigenvalue weighted by Gasteiger charge is -2.24. The predicted octanol–water partition coefficient (Wildman–Crippen LogP) is 1.59. The monoisotopic (exact) mass is 314 g/mol. The van der Waals surface area contributed by atoms with Crippen molar-refractivity contribution in [3.05, 3.63) is 12.7 Å². The molecule has 7 heteroatoms. The summed E-state index contributed by atoms with van der Waals surface area (Å²) in [5.41, 5.74) is 0. The van der Waals surface area contributed by atoms with Crippen LogP contribution in [0.25, 0.3) is 0 Å². The zero-order valence-corrected chi connectivity index (χ0v) is 13.5. The maximum Gasteiger partial charge on any atom is 0.410 e. The molecule has 1 fully saturated rings. The van der Waals surface area contributed by atoms with Gasteiger partial charge in [-0.1, -0.05) is 19.6 Å². The smallest absolute Gasteiger partial charge is 0.410 e. The summed E-state index contributed by atoms with van der Waals surface area (Å²) in [5, 5.41) is 0.484. The van der Waals surface area contributed by atoms with E-state index in [-0.39, 0.29) is 18.6 Å². The maximum absolute atomic E-state index is 12.2. The summed E-state index contributed by atoms with van der Waals surface area (Å²) < 4.78 is 10.6. The summed E-state index contributed by atoms with van der Waals surface area (Å²) in [5.74, 6) is -0.154. The highest BCUT2D eigenvalue weighted by Gasteiger charge is 2.42. The van der Waals surface area contributed by atoms with Gasteiger partial charge in [0.05, 0.1) is 6.54 Å². The van der Waals surface area contributed by atoms with Crippen LogP contribution in [0.5, 0.6) is 0 Å². The largest absolute Gasteiger partial charge is 0.482 e. The van der Waals surface area contributed by atoms with Gasteiger partial charge in [0.15, 0.2) is 5.05 Å². The molecule has 0 aromatic carbocycles. The fourth-order valence-corrected chi connectivity index (χ4v) is 2.24. The summed E-state index contributed by atoms with van der Waals surface area (Å²) in [7, 11) is 3.31. The first-order valence-corrected chi connectivity index (χ1v) is 7.26. The SMILES string of the molecule is C=CCOC(=O)N1C[C@@H](OC(=S)CC)C[C@H]1C(=O)N(C)C. The molecule has 0 aromatic heterocycles. The number of ether oxygens (including phenoxy) is 2. The van der Waals surface area contributed by atoms with Gasteiger partial charge in [-0.05, 0) is 12.2 Å². The fraction of sp³-hybridized carbons (Fsp3) is 0.643. The number of rotatable bonds is 5. The third-order valence-electron chi connectivity index (χ3n) is 3.13. The molecule has 0 saturated carbocycles. The number of likely N-dealkylation sites (N-methyl/N-ethyl adjacent to an activating group) is 1. The molecule has 0 aromatic rings. The Labute approximate surface area is 130 Å². The van der Waals surface area contributed by atoms with Crippen molar-refractivity contribution in [3.8, 4) is 0 Å². The van der Waals surface area contributed by atoms with Crippen molar-refractivity contribution in [2.75, 3.05) is 27.2 Å². The minimum atomic E-state index is -0.582. The summed E-state index contributed by atoms with van der Waals surface area (Å²) in [6, 6.07) is -0.582. The highest BCUT2D eigenvalue weighted by Crippen LogP contribution is 2.23. The lowest BCUT2D eigenvalue weighted by molar-refractivity contribution is -0.133. The van der Waals surface area contributed by atoms with Crippen LogP contribution in [0.4, 0.5) is 4.79 Å². The van der Waals surface area contributed by atoms with E-state index in [1.54, 1.807) is 14.1 Å². The molecule has 118 valence electrons. The Hall–Kier alpha value is -1.63. The van der Waals surface area contributed by atoms with Gasteiger partial charge in [0.2, 0.25) is 5.91 Å². The molecule has 0 radical (unpaired) electrons. The van der Waals surface area contributed by atoms with Gasteiger partial charge in [0, 0.05) is 26.9 Å². The van der Waals surface area contributed by atoms with Gasteiger partial charge in [0.1, 0.15) is 18.8 Å². The molecule has 1 heterocycles. The van der Waals surface area contributed by atoms with E-state index in [1.165, 1.54) is 15.9 Å². The number of amides is 2. The zero-order valence-electron chi connectivity index (χ0n) is 12.7. The van der Waals surface area contributed by atoms with Gasteiger partial charge >= 0.3 is 6.09 Å². The minimum absolute atomic E-state index is 0.108. The number of hydrogen-bond donors (Lipinski definition) is 0. The molecule has 0 bridgehead atoms. The summed E-state index contributed by atoms with van der Waals surface area (Å²) in [6.45, 7) is 5.79. The molecule has 2 atom stereocenters. The molecule has 1 rings (SSSR count). The molecular formula is C14H22N2O4S. The van der Waals surface area contributed by atoms with Gasteiger partial charge in [-0.25, -0.2) is 4.79 Å². The van der Waals surface area contributed by atoms with Gasteiger partial charge in [-0.2, -0.15) is 0 Å². The molecule has 1 aliphatic rings. The molecule has 0 aliphatic carbocycles. The van der Waals surface area contributed by atoms with Crippen molar-refractivity contribution in [1.82, 2.24) is 9.80 Å². The Balaban J connectivity index is 2.79. The summed E-state index contributed by atoms with van der Waals surface area (Å²) in [4.78, 5) is 27.1. The van der Waals surface area contributed by atoms with E-state index in [1.807, 2.05) is 6.92 Å². The standard InChI is InChI=1S/C14H22N2O4S/c1-5-7-19-14(18)16-9-10(20-12(21)6-2)8-11(16)13(17)15(3)4/h5,10-11H,1,6-9H2,2-4H3/t10-,11-/m0/s1. The van der Waals surface area contributed by atoms with Gasteiger partial charge in [0.25, 0.3) is 0 Å². The molecule has 2 amide bonds. The normalized spacial score (nSPS) is 20.8. The number of thiocarbonyl (C=S) groups is 1. The van der Waals surface area contributed by atoms with Crippen LogP contribution in [0, 0.1) is 0 Å². The molecule has 6 nitrogen and oxygen atoms in total. The highest BCUT2D eigenvalue weighted by atomic mass is 32.1. The van der Waals surface area contributed by atoms with E-state index in [0.717, 1.165) is 0 Å². The first-order chi connectivity index (χ1) is 9.90. The van der Waals surface area contributed by atoms with Crippen molar-refractivity contribution in [2.24, 2.45) is 0 Å². The number of carbonyl (C=O) groups excluding carboxylic acids is 2. The van der Waals surface area contributed by atoms with Crippen LogP contribution >= 0.6 is 12.2 Å². The van der Waals surface area contributed by atoms with Crippen LogP contribution in [0.1, 0.15) is 19.8 Å². The summed E-state index contributed by atoms with van der Waals surface area (Å²) >= 11 is 5.06. The van der Waals surface area contributed by atoms with E-state index < -0.39 is 12.1 Å². The van der Waals surface area contributed by atoms with Crippen molar-refractivity contribution in [2.45, 2.75) is 31.9 Å². The minimum Gasteiger partial charge on any atom is -0.482 e. The van der Waals surface area contributed by atoms with Crippen molar-refractivity contribution in [1.29, 1.82) is 0 Å². The number of hydrogen-bond acceptors (Lipinski definition) is 5. The number of carbonyl (C=O) groups is 2. The highest BCUT2D eigenvalue weighted by molar-refractivity contribution is 7.80. The van der Waals surface area contributed by atoms with E-state index >= 15 is 0 Å². The fourth-order valence-electron chi connectivity index (χ4n) is 2.10. The quantitative estimate of drug-likeness (QED) is 0.570. The van der Waals surface area contributed by atoms with E-state index in [9.17, 15) is 9.59 Å². The average molecular weight is 314 g/mol.